The van der Waals surface area contributed by atoms with Crippen molar-refractivity contribution in [1.29, 1.82) is 0 Å². The lowest BCUT2D eigenvalue weighted by molar-refractivity contribution is 0.0594. The van der Waals surface area contributed by atoms with Crippen LogP contribution in [0.4, 0.5) is 5.95 Å². The molecule has 4 heteroatoms. The van der Waals surface area contributed by atoms with Crippen LogP contribution >= 0.6 is 0 Å². The molecule has 0 aromatic carbocycles. The van der Waals surface area contributed by atoms with Crippen molar-refractivity contribution < 1.29 is 4.74 Å². The van der Waals surface area contributed by atoms with Gasteiger partial charge in [0.1, 0.15) is 0 Å². The van der Waals surface area contributed by atoms with Crippen molar-refractivity contribution in [1.82, 2.24) is 9.55 Å². The summed E-state index contributed by atoms with van der Waals surface area (Å²) in [7, 11) is 0. The van der Waals surface area contributed by atoms with Crippen LogP contribution in [0.2, 0.25) is 0 Å². The van der Waals surface area contributed by atoms with Crippen LogP contribution in [0.1, 0.15) is 50.3 Å². The Morgan fingerprint density at radius 1 is 1.32 bits per heavy atom. The van der Waals surface area contributed by atoms with E-state index in [2.05, 4.69) is 28.0 Å². The number of nitrogens with zero attached hydrogens (tertiary/aromatic N) is 2. The number of hydrogen-bond donors (Lipinski definition) is 1. The average molecular weight is 263 g/mol. The van der Waals surface area contributed by atoms with Gasteiger partial charge in [-0.2, -0.15) is 0 Å². The second-order valence-electron chi connectivity index (χ2n) is 6.02. The van der Waals surface area contributed by atoms with Gasteiger partial charge in [-0.25, -0.2) is 4.98 Å². The minimum Gasteiger partial charge on any atom is -0.381 e. The van der Waals surface area contributed by atoms with Crippen LogP contribution in [0.3, 0.4) is 0 Å². The monoisotopic (exact) mass is 263 g/mol. The van der Waals surface area contributed by atoms with E-state index < -0.39 is 0 Å². The largest absolute Gasteiger partial charge is 0.381 e. The molecule has 1 aliphatic carbocycles. The summed E-state index contributed by atoms with van der Waals surface area (Å²) in [5, 5.41) is 3.55. The number of aryl methyl sites for hydroxylation is 1. The molecule has 19 heavy (non-hydrogen) atoms. The van der Waals surface area contributed by atoms with E-state index in [1.807, 2.05) is 0 Å². The van der Waals surface area contributed by atoms with Crippen LogP contribution in [0.15, 0.2) is 6.20 Å². The van der Waals surface area contributed by atoms with Gasteiger partial charge in [-0.1, -0.05) is 12.8 Å². The highest BCUT2D eigenvalue weighted by Crippen LogP contribution is 2.32. The van der Waals surface area contributed by atoms with E-state index in [1.165, 1.54) is 38.5 Å². The van der Waals surface area contributed by atoms with Gasteiger partial charge >= 0.3 is 0 Å². The maximum Gasteiger partial charge on any atom is 0.203 e. The molecule has 1 atom stereocenters. The molecule has 0 amide bonds. The van der Waals surface area contributed by atoms with Gasteiger partial charge in [0, 0.05) is 25.4 Å². The predicted octanol–water partition coefficient (Wildman–Crippen LogP) is 3.15. The lowest BCUT2D eigenvalue weighted by Crippen LogP contribution is -2.25. The Kier molecular flexibility index (Phi) is 4.06. The van der Waals surface area contributed by atoms with Crippen LogP contribution in [-0.4, -0.2) is 29.3 Å². The Balaban J connectivity index is 1.62. The molecule has 1 aromatic rings. The molecule has 1 aromatic heterocycles. The predicted molar refractivity (Wildman–Crippen MR) is 76.5 cm³/mol. The maximum absolute atomic E-state index is 5.54. The zero-order valence-electron chi connectivity index (χ0n) is 11.9. The number of rotatable bonds is 4. The summed E-state index contributed by atoms with van der Waals surface area (Å²) < 4.78 is 7.91. The van der Waals surface area contributed by atoms with Gasteiger partial charge in [0.05, 0.1) is 12.3 Å². The summed E-state index contributed by atoms with van der Waals surface area (Å²) in [6, 6.07) is 0.659. The van der Waals surface area contributed by atoms with Gasteiger partial charge in [0.2, 0.25) is 5.95 Å². The lowest BCUT2D eigenvalue weighted by Gasteiger charge is -2.23. The molecule has 0 radical (unpaired) electrons. The van der Waals surface area contributed by atoms with E-state index in [4.69, 9.17) is 4.74 Å². The standard InChI is InChI=1S/C15H25N3O/c1-12-10-18(14-6-2-3-7-14)15(17-12)16-9-13-5-4-8-19-11-13/h10,13-14H,2-9,11H2,1H3,(H,16,17). The van der Waals surface area contributed by atoms with E-state index in [-0.39, 0.29) is 0 Å². The minimum absolute atomic E-state index is 0.641. The van der Waals surface area contributed by atoms with Crippen LogP contribution in [0, 0.1) is 12.8 Å². The summed E-state index contributed by atoms with van der Waals surface area (Å²) in [6.45, 7) is 4.91. The summed E-state index contributed by atoms with van der Waals surface area (Å²) in [5.41, 5.74) is 1.12. The molecule has 2 heterocycles. The highest BCUT2D eigenvalue weighted by molar-refractivity contribution is 5.30. The second-order valence-corrected chi connectivity index (χ2v) is 6.02. The molecular formula is C15H25N3O. The van der Waals surface area contributed by atoms with Crippen molar-refractivity contribution in [2.45, 2.75) is 51.5 Å². The van der Waals surface area contributed by atoms with Crippen molar-refractivity contribution >= 4 is 5.95 Å². The normalized spacial score (nSPS) is 24.8. The molecule has 106 valence electrons. The molecule has 1 saturated heterocycles. The smallest absolute Gasteiger partial charge is 0.203 e. The Bertz CT molecular complexity index is 404. The van der Waals surface area contributed by atoms with E-state index >= 15 is 0 Å². The quantitative estimate of drug-likeness (QED) is 0.907. The number of ether oxygens (including phenoxy) is 1. The summed E-state index contributed by atoms with van der Waals surface area (Å²) in [5.74, 6) is 1.71. The average Bonchev–Trinajstić information content (AvgIpc) is 3.06. The van der Waals surface area contributed by atoms with Gasteiger partial charge in [-0.05, 0) is 38.5 Å². The number of hydrogen-bond acceptors (Lipinski definition) is 3. The fourth-order valence-corrected chi connectivity index (χ4v) is 3.31. The molecule has 1 unspecified atom stereocenters. The number of imidazole rings is 1. The maximum atomic E-state index is 5.54. The third kappa shape index (κ3) is 3.11. The number of aromatic nitrogens is 2. The van der Waals surface area contributed by atoms with Gasteiger partial charge in [-0.3, -0.25) is 0 Å². The molecule has 2 aliphatic rings. The highest BCUT2D eigenvalue weighted by atomic mass is 16.5. The van der Waals surface area contributed by atoms with Crippen LogP contribution in [0.25, 0.3) is 0 Å². The molecule has 3 rings (SSSR count). The molecule has 0 bridgehead atoms. The third-order valence-electron chi connectivity index (χ3n) is 4.37. The lowest BCUT2D eigenvalue weighted by atomic mass is 10.0. The Labute approximate surface area is 115 Å². The van der Waals surface area contributed by atoms with Crippen LogP contribution < -0.4 is 5.32 Å². The Hall–Kier alpha value is -1.03. The third-order valence-corrected chi connectivity index (χ3v) is 4.37. The van der Waals surface area contributed by atoms with Gasteiger partial charge < -0.3 is 14.6 Å². The summed E-state index contributed by atoms with van der Waals surface area (Å²) in [6.07, 6.45) is 10.00. The van der Waals surface area contributed by atoms with E-state index in [0.29, 0.717) is 12.0 Å². The minimum atomic E-state index is 0.641. The number of anilines is 1. The van der Waals surface area contributed by atoms with Crippen molar-refractivity contribution in [3.05, 3.63) is 11.9 Å². The first-order chi connectivity index (χ1) is 9.33. The first-order valence-corrected chi connectivity index (χ1v) is 7.70. The van der Waals surface area contributed by atoms with Crippen LogP contribution in [0.5, 0.6) is 0 Å². The topological polar surface area (TPSA) is 39.1 Å². The Morgan fingerprint density at radius 3 is 2.89 bits per heavy atom. The van der Waals surface area contributed by atoms with Crippen molar-refractivity contribution in [2.75, 3.05) is 25.1 Å². The molecule has 2 fully saturated rings. The molecular weight excluding hydrogens is 238 g/mol. The zero-order chi connectivity index (χ0) is 13.1. The fraction of sp³-hybridized carbons (Fsp3) is 0.800. The zero-order valence-corrected chi connectivity index (χ0v) is 11.9. The molecule has 0 spiro atoms. The SMILES string of the molecule is Cc1cn(C2CCCC2)c(NCC2CCCOC2)n1. The molecule has 4 nitrogen and oxygen atoms in total. The first-order valence-electron chi connectivity index (χ1n) is 7.70. The Morgan fingerprint density at radius 2 is 2.16 bits per heavy atom. The highest BCUT2D eigenvalue weighted by Gasteiger charge is 2.21. The molecule has 1 aliphatic heterocycles. The fourth-order valence-electron chi connectivity index (χ4n) is 3.31. The van der Waals surface area contributed by atoms with Crippen molar-refractivity contribution in [2.24, 2.45) is 5.92 Å². The van der Waals surface area contributed by atoms with E-state index in [0.717, 1.165) is 31.4 Å². The van der Waals surface area contributed by atoms with Crippen molar-refractivity contribution in [3.8, 4) is 0 Å². The summed E-state index contributed by atoms with van der Waals surface area (Å²) >= 11 is 0. The molecule has 1 saturated carbocycles. The van der Waals surface area contributed by atoms with Gasteiger partial charge in [0.15, 0.2) is 0 Å². The second kappa shape index (κ2) is 5.95. The molecule has 1 N–H and O–H groups in total. The van der Waals surface area contributed by atoms with Crippen molar-refractivity contribution in [3.63, 3.8) is 0 Å². The van der Waals surface area contributed by atoms with Gasteiger partial charge in [0.25, 0.3) is 0 Å². The first kappa shape index (κ1) is 13.0. The van der Waals surface area contributed by atoms with E-state index in [9.17, 15) is 0 Å². The summed E-state index contributed by atoms with van der Waals surface area (Å²) in [4.78, 5) is 4.65. The van der Waals surface area contributed by atoms with E-state index in [1.54, 1.807) is 0 Å². The number of nitrogens with one attached hydrogen (secondary N) is 1. The van der Waals surface area contributed by atoms with Crippen LogP contribution in [-0.2, 0) is 4.74 Å². The van der Waals surface area contributed by atoms with Gasteiger partial charge in [-0.15, -0.1) is 0 Å².